The zero-order valence-corrected chi connectivity index (χ0v) is 17.5. The van der Waals surface area contributed by atoms with Crippen molar-refractivity contribution >= 4 is 27.5 Å². The number of halogens is 1. The van der Waals surface area contributed by atoms with Gasteiger partial charge in [-0.2, -0.15) is 4.31 Å². The summed E-state index contributed by atoms with van der Waals surface area (Å²) >= 11 is 0. The molecule has 9 heteroatoms. The molecule has 1 N–H and O–H groups in total. The Kier molecular flexibility index (Phi) is 7.10. The van der Waals surface area contributed by atoms with Crippen molar-refractivity contribution in [2.45, 2.75) is 24.8 Å². The second kappa shape index (κ2) is 9.15. The lowest BCUT2D eigenvalue weighted by Crippen LogP contribution is -2.35. The highest BCUT2D eigenvalue weighted by molar-refractivity contribution is 7.89. The number of hydrogen-bond acceptors (Lipinski definition) is 4. The smallest absolute Gasteiger partial charge is 0.254 e. The molecule has 156 valence electrons. The largest absolute Gasteiger partial charge is 0.332 e. The molecule has 0 radical (unpaired) electrons. The number of carbonyl (C=O) groups excluding carboxylic acids is 2. The second-order valence-electron chi connectivity index (χ2n) is 6.86. The predicted octanol–water partition coefficient (Wildman–Crippen LogP) is 2.57. The normalized spacial score (nSPS) is 11.6. The number of hydrogen-bond donors (Lipinski definition) is 1. The molecule has 0 saturated heterocycles. The minimum absolute atomic E-state index is 0.00344. The molecule has 0 aliphatic carbocycles. The summed E-state index contributed by atoms with van der Waals surface area (Å²) in [5.41, 5.74) is 0.558. The SMILES string of the molecule is CC(C)N(C)S(=O)(=O)c1cccc(C(=O)N(C)CC(=O)Nc2ccc(F)cc2)c1. The van der Waals surface area contributed by atoms with Gasteiger partial charge in [0.15, 0.2) is 0 Å². The summed E-state index contributed by atoms with van der Waals surface area (Å²) in [5.74, 6) is -1.38. The molecule has 0 unspecified atom stereocenters. The lowest BCUT2D eigenvalue weighted by molar-refractivity contribution is -0.116. The molecule has 2 aromatic rings. The molecule has 0 saturated carbocycles. The Hall–Kier alpha value is -2.78. The van der Waals surface area contributed by atoms with Gasteiger partial charge in [0.2, 0.25) is 15.9 Å². The number of carbonyl (C=O) groups is 2. The van der Waals surface area contributed by atoms with Crippen molar-refractivity contribution in [1.29, 1.82) is 0 Å². The van der Waals surface area contributed by atoms with Gasteiger partial charge < -0.3 is 10.2 Å². The molecule has 2 aromatic carbocycles. The number of sulfonamides is 1. The number of nitrogens with one attached hydrogen (secondary N) is 1. The number of amides is 2. The molecule has 0 aliphatic rings. The quantitative estimate of drug-likeness (QED) is 0.744. The first-order valence-electron chi connectivity index (χ1n) is 8.91. The van der Waals surface area contributed by atoms with Crippen LogP contribution in [0, 0.1) is 5.82 Å². The van der Waals surface area contributed by atoms with E-state index in [0.717, 1.165) is 0 Å². The second-order valence-corrected chi connectivity index (χ2v) is 8.86. The molecule has 29 heavy (non-hydrogen) atoms. The van der Waals surface area contributed by atoms with Crippen molar-refractivity contribution in [3.63, 3.8) is 0 Å². The topological polar surface area (TPSA) is 86.8 Å². The standard InChI is InChI=1S/C20H24FN3O4S/c1-14(2)24(4)29(27,28)18-7-5-6-15(12-18)20(26)23(3)13-19(25)22-17-10-8-16(21)9-11-17/h5-12,14H,13H2,1-4H3,(H,22,25). The van der Waals surface area contributed by atoms with Crippen molar-refractivity contribution in [1.82, 2.24) is 9.21 Å². The predicted molar refractivity (Wildman–Crippen MR) is 109 cm³/mol. The number of benzene rings is 2. The molecule has 2 amide bonds. The van der Waals surface area contributed by atoms with Crippen molar-refractivity contribution in [3.05, 3.63) is 59.9 Å². The molecule has 0 bridgehead atoms. The highest BCUT2D eigenvalue weighted by atomic mass is 32.2. The fourth-order valence-electron chi connectivity index (χ4n) is 2.47. The maximum Gasteiger partial charge on any atom is 0.254 e. The zero-order chi connectivity index (χ0) is 21.8. The first-order chi connectivity index (χ1) is 13.5. The number of rotatable bonds is 7. The third-order valence-corrected chi connectivity index (χ3v) is 6.37. The molecule has 0 heterocycles. The maximum absolute atomic E-state index is 12.9. The number of anilines is 1. The van der Waals surface area contributed by atoms with Crippen molar-refractivity contribution < 1.29 is 22.4 Å². The van der Waals surface area contributed by atoms with Crippen LogP contribution in [0.2, 0.25) is 0 Å². The van der Waals surface area contributed by atoms with Crippen LogP contribution in [0.5, 0.6) is 0 Å². The van der Waals surface area contributed by atoms with Gasteiger partial charge in [-0.05, 0) is 56.3 Å². The molecule has 0 aromatic heterocycles. The van der Waals surface area contributed by atoms with E-state index in [9.17, 15) is 22.4 Å². The lowest BCUT2D eigenvalue weighted by atomic mass is 10.2. The van der Waals surface area contributed by atoms with Gasteiger partial charge in [-0.15, -0.1) is 0 Å². The van der Waals surface area contributed by atoms with Gasteiger partial charge in [0.05, 0.1) is 11.4 Å². The third-order valence-electron chi connectivity index (χ3n) is 4.34. The van der Waals surface area contributed by atoms with Gasteiger partial charge in [-0.3, -0.25) is 9.59 Å². The van der Waals surface area contributed by atoms with E-state index in [2.05, 4.69) is 5.32 Å². The van der Waals surface area contributed by atoms with Crippen molar-refractivity contribution in [2.24, 2.45) is 0 Å². The van der Waals surface area contributed by atoms with E-state index in [1.54, 1.807) is 13.8 Å². The van der Waals surface area contributed by atoms with Gasteiger partial charge >= 0.3 is 0 Å². The fraction of sp³-hybridized carbons (Fsp3) is 0.300. The Labute approximate surface area is 170 Å². The van der Waals surface area contributed by atoms with Crippen LogP contribution in [0.1, 0.15) is 24.2 Å². The van der Waals surface area contributed by atoms with Crippen LogP contribution in [0.15, 0.2) is 53.4 Å². The Morgan fingerprint density at radius 2 is 1.69 bits per heavy atom. The Balaban J connectivity index is 2.11. The first-order valence-corrected chi connectivity index (χ1v) is 10.4. The molecule has 0 fully saturated rings. The van der Waals surface area contributed by atoms with Crippen molar-refractivity contribution in [2.75, 3.05) is 26.0 Å². The fourth-order valence-corrected chi connectivity index (χ4v) is 3.89. The summed E-state index contributed by atoms with van der Waals surface area (Å²) in [5, 5.41) is 2.57. The average Bonchev–Trinajstić information content (AvgIpc) is 2.68. The van der Waals surface area contributed by atoms with Crippen LogP contribution in [0.4, 0.5) is 10.1 Å². The zero-order valence-electron chi connectivity index (χ0n) is 16.7. The summed E-state index contributed by atoms with van der Waals surface area (Å²) < 4.78 is 39.4. The van der Waals surface area contributed by atoms with Crippen LogP contribution in [0.3, 0.4) is 0 Å². The highest BCUT2D eigenvalue weighted by Gasteiger charge is 2.24. The summed E-state index contributed by atoms with van der Waals surface area (Å²) in [4.78, 5) is 26.0. The van der Waals surface area contributed by atoms with E-state index in [4.69, 9.17) is 0 Å². The molecular weight excluding hydrogens is 397 g/mol. The van der Waals surface area contributed by atoms with Crippen LogP contribution in [-0.2, 0) is 14.8 Å². The summed E-state index contributed by atoms with van der Waals surface area (Å²) in [6, 6.07) is 10.7. The van der Waals surface area contributed by atoms with Gasteiger partial charge in [0.25, 0.3) is 5.91 Å². The van der Waals surface area contributed by atoms with Gasteiger partial charge in [-0.1, -0.05) is 6.07 Å². The molecule has 0 spiro atoms. The summed E-state index contributed by atoms with van der Waals surface area (Å²) in [6.45, 7) is 3.25. The molecule has 0 aliphatic heterocycles. The lowest BCUT2D eigenvalue weighted by Gasteiger charge is -2.22. The van der Waals surface area contributed by atoms with E-state index in [0.29, 0.717) is 5.69 Å². The Morgan fingerprint density at radius 1 is 1.07 bits per heavy atom. The van der Waals surface area contributed by atoms with E-state index in [1.165, 1.54) is 71.8 Å². The van der Waals surface area contributed by atoms with E-state index < -0.39 is 27.7 Å². The van der Waals surface area contributed by atoms with Gasteiger partial charge in [0.1, 0.15) is 5.82 Å². The van der Waals surface area contributed by atoms with Crippen LogP contribution < -0.4 is 5.32 Å². The molecule has 7 nitrogen and oxygen atoms in total. The monoisotopic (exact) mass is 421 g/mol. The van der Waals surface area contributed by atoms with E-state index in [-0.39, 0.29) is 23.0 Å². The number of nitrogens with zero attached hydrogens (tertiary/aromatic N) is 2. The molecular formula is C20H24FN3O4S. The van der Waals surface area contributed by atoms with Crippen LogP contribution in [-0.4, -0.2) is 56.1 Å². The van der Waals surface area contributed by atoms with Crippen molar-refractivity contribution in [3.8, 4) is 0 Å². The molecule has 2 rings (SSSR count). The van der Waals surface area contributed by atoms with E-state index >= 15 is 0 Å². The summed E-state index contributed by atoms with van der Waals surface area (Å²) in [6.07, 6.45) is 0. The Bertz CT molecular complexity index is 991. The maximum atomic E-state index is 12.9. The summed E-state index contributed by atoms with van der Waals surface area (Å²) in [7, 11) is -0.823. The van der Waals surface area contributed by atoms with Crippen LogP contribution >= 0.6 is 0 Å². The minimum atomic E-state index is -3.73. The Morgan fingerprint density at radius 3 is 2.28 bits per heavy atom. The van der Waals surface area contributed by atoms with Gasteiger partial charge in [-0.25, -0.2) is 12.8 Å². The highest BCUT2D eigenvalue weighted by Crippen LogP contribution is 2.18. The average molecular weight is 421 g/mol. The molecule has 0 atom stereocenters. The van der Waals surface area contributed by atoms with E-state index in [1.807, 2.05) is 0 Å². The van der Waals surface area contributed by atoms with Gasteiger partial charge in [0, 0.05) is 31.4 Å². The third kappa shape index (κ3) is 5.61. The van der Waals surface area contributed by atoms with Crippen LogP contribution in [0.25, 0.3) is 0 Å². The first kappa shape index (κ1) is 22.5. The number of likely N-dealkylation sites (N-methyl/N-ethyl adjacent to an activating group) is 1. The minimum Gasteiger partial charge on any atom is -0.332 e.